The van der Waals surface area contributed by atoms with Gasteiger partial charge in [0.1, 0.15) is 11.0 Å². The monoisotopic (exact) mass is 672 g/mol. The highest BCUT2D eigenvalue weighted by molar-refractivity contribution is 7.25. The molecule has 0 aliphatic heterocycles. The minimum absolute atomic E-state index is 0.598. The molecule has 0 bridgehead atoms. The fraction of sp³-hybridized carbons (Fsp3) is 0.0444. The Morgan fingerprint density at radius 3 is 1.92 bits per heavy atom. The van der Waals surface area contributed by atoms with E-state index in [1.165, 1.54) is 30.9 Å². The van der Waals surface area contributed by atoms with E-state index < -0.39 is 0 Å². The van der Waals surface area contributed by atoms with Gasteiger partial charge in [-0.15, -0.1) is 11.3 Å². The third-order valence-electron chi connectivity index (χ3n) is 10.1. The Hall–Kier alpha value is -6.37. The van der Waals surface area contributed by atoms with Crippen LogP contribution in [0.2, 0.25) is 0 Å². The van der Waals surface area contributed by atoms with Gasteiger partial charge in [-0.2, -0.15) is 0 Å². The van der Waals surface area contributed by atoms with Gasteiger partial charge >= 0.3 is 0 Å². The zero-order valence-corrected chi connectivity index (χ0v) is 28.2. The smallest absolute Gasteiger partial charge is 0.164 e. The van der Waals surface area contributed by atoms with E-state index in [0.717, 1.165) is 67.9 Å². The highest BCUT2D eigenvalue weighted by Gasteiger charge is 2.22. The fourth-order valence-corrected chi connectivity index (χ4v) is 8.86. The van der Waals surface area contributed by atoms with Gasteiger partial charge in [0.2, 0.25) is 0 Å². The minimum atomic E-state index is 0.598. The van der Waals surface area contributed by atoms with Crippen molar-refractivity contribution in [1.82, 2.24) is 19.5 Å². The number of benzene rings is 6. The summed E-state index contributed by atoms with van der Waals surface area (Å²) in [5, 5.41) is 7.29. The second-order valence-electron chi connectivity index (χ2n) is 13.1. The molecular formula is C45H28N4OS. The highest BCUT2D eigenvalue weighted by Crippen LogP contribution is 2.42. The van der Waals surface area contributed by atoms with Gasteiger partial charge in [0, 0.05) is 52.9 Å². The molecule has 240 valence electrons. The van der Waals surface area contributed by atoms with Crippen molar-refractivity contribution in [1.29, 1.82) is 0 Å². The van der Waals surface area contributed by atoms with Crippen LogP contribution in [0, 0.1) is 0 Å². The van der Waals surface area contributed by atoms with Crippen LogP contribution in [-0.4, -0.2) is 19.5 Å². The largest absolute Gasteiger partial charge is 0.456 e. The Morgan fingerprint density at radius 1 is 0.510 bits per heavy atom. The topological polar surface area (TPSA) is 56.7 Å². The van der Waals surface area contributed by atoms with Gasteiger partial charge in [0.05, 0.1) is 22.1 Å². The van der Waals surface area contributed by atoms with Crippen molar-refractivity contribution in [2.24, 2.45) is 0 Å². The number of nitrogens with zero attached hydrogens (tertiary/aromatic N) is 4. The van der Waals surface area contributed by atoms with E-state index in [-0.39, 0.29) is 0 Å². The van der Waals surface area contributed by atoms with Crippen molar-refractivity contribution in [2.45, 2.75) is 12.8 Å². The molecule has 4 aromatic heterocycles. The summed E-state index contributed by atoms with van der Waals surface area (Å²) in [5.74, 6) is 1.86. The Morgan fingerprint density at radius 2 is 1.16 bits per heavy atom. The van der Waals surface area contributed by atoms with E-state index in [2.05, 4.69) is 89.5 Å². The molecule has 0 radical (unpaired) electrons. The molecule has 0 amide bonds. The molecule has 51 heavy (non-hydrogen) atoms. The molecule has 6 heteroatoms. The zero-order valence-electron chi connectivity index (χ0n) is 27.4. The molecule has 0 spiro atoms. The molecule has 0 fully saturated rings. The standard InChI is InChI=1S/C45H28N4OS/c1-3-13-27(14-4-1)43-46-44(28-15-5-2-6-16-28)48-45(47-43)29-23-37(42-32-19-8-11-21-38(32)50-39(42)24-29)49-35-20-10-7-17-30(35)33-25-34-31-18-9-12-22-40(31)51-41(34)26-36(33)49/h1-7,9-10,12-26H,8,11H2. The summed E-state index contributed by atoms with van der Waals surface area (Å²) in [4.78, 5) is 15.2. The van der Waals surface area contributed by atoms with Crippen LogP contribution in [0.15, 0.2) is 138 Å². The maximum Gasteiger partial charge on any atom is 0.164 e. The molecular weight excluding hydrogens is 645 g/mol. The van der Waals surface area contributed by atoms with Crippen LogP contribution in [0.3, 0.4) is 0 Å². The predicted octanol–water partition coefficient (Wildman–Crippen LogP) is 10.4. The van der Waals surface area contributed by atoms with Crippen molar-refractivity contribution >= 4 is 76.4 Å². The van der Waals surface area contributed by atoms with Crippen LogP contribution < -0.4 is 10.6 Å². The Balaban J connectivity index is 1.25. The molecule has 0 unspecified atom stereocenters. The Kier molecular flexibility index (Phi) is 6.18. The zero-order chi connectivity index (χ0) is 33.5. The lowest BCUT2D eigenvalue weighted by Gasteiger charge is -2.13. The summed E-state index contributed by atoms with van der Waals surface area (Å²) in [5.41, 5.74) is 7.84. The third-order valence-corrected chi connectivity index (χ3v) is 11.2. The number of aromatic nitrogens is 4. The van der Waals surface area contributed by atoms with Gasteiger partial charge in [-0.1, -0.05) is 103 Å². The van der Waals surface area contributed by atoms with Gasteiger partial charge in [-0.05, 0) is 55.3 Å². The SMILES string of the molecule is C1=c2oc3cc(-c4nc(-c5ccccc5)nc(-c5ccccc5)n4)cc(-n4c5ccccc5c5cc6c(cc54)sc4ccccc46)c3c2=CCC1. The van der Waals surface area contributed by atoms with E-state index in [9.17, 15) is 0 Å². The number of hydrogen-bond donors (Lipinski definition) is 0. The Bertz CT molecular complexity index is 3080. The Labute approximate surface area is 296 Å². The second kappa shape index (κ2) is 11.1. The number of hydrogen-bond acceptors (Lipinski definition) is 5. The van der Waals surface area contributed by atoms with Crippen LogP contribution in [-0.2, 0) is 0 Å². The molecule has 0 atom stereocenters. The quantitative estimate of drug-likeness (QED) is 0.187. The number of rotatable bonds is 4. The first-order chi connectivity index (χ1) is 25.3. The molecule has 11 rings (SSSR count). The molecule has 0 saturated carbocycles. The first-order valence-corrected chi connectivity index (χ1v) is 18.1. The van der Waals surface area contributed by atoms with Crippen LogP contribution in [0.1, 0.15) is 12.8 Å². The van der Waals surface area contributed by atoms with E-state index in [1.807, 2.05) is 72.0 Å². The van der Waals surface area contributed by atoms with Crippen molar-refractivity contribution in [3.63, 3.8) is 0 Å². The van der Waals surface area contributed by atoms with Crippen molar-refractivity contribution in [3.8, 4) is 39.9 Å². The highest BCUT2D eigenvalue weighted by atomic mass is 32.1. The number of para-hydroxylation sites is 1. The van der Waals surface area contributed by atoms with Crippen molar-refractivity contribution < 1.29 is 4.42 Å². The van der Waals surface area contributed by atoms with E-state index in [4.69, 9.17) is 19.4 Å². The summed E-state index contributed by atoms with van der Waals surface area (Å²) in [6, 6.07) is 46.8. The fourth-order valence-electron chi connectivity index (χ4n) is 7.74. The maximum atomic E-state index is 6.69. The van der Waals surface area contributed by atoms with E-state index in [0.29, 0.717) is 17.5 Å². The molecule has 1 aliphatic carbocycles. The number of furan rings is 1. The van der Waals surface area contributed by atoms with Gasteiger partial charge in [-0.3, -0.25) is 0 Å². The normalized spacial score (nSPS) is 12.9. The summed E-state index contributed by atoms with van der Waals surface area (Å²) in [6.45, 7) is 0. The summed E-state index contributed by atoms with van der Waals surface area (Å²) >= 11 is 1.85. The average Bonchev–Trinajstić information content (AvgIpc) is 3.86. The molecule has 0 N–H and O–H groups in total. The second-order valence-corrected chi connectivity index (χ2v) is 14.2. The maximum absolute atomic E-state index is 6.69. The first kappa shape index (κ1) is 28.5. The molecule has 5 nitrogen and oxygen atoms in total. The molecule has 0 saturated heterocycles. The minimum Gasteiger partial charge on any atom is -0.456 e. The van der Waals surface area contributed by atoms with Crippen molar-refractivity contribution in [2.75, 3.05) is 0 Å². The number of fused-ring (bicyclic) bond motifs is 9. The van der Waals surface area contributed by atoms with Crippen molar-refractivity contribution in [3.05, 3.63) is 144 Å². The molecule has 1 aliphatic rings. The molecule has 6 aromatic carbocycles. The lowest BCUT2D eigenvalue weighted by atomic mass is 10.1. The van der Waals surface area contributed by atoms with Gasteiger partial charge in [0.15, 0.2) is 17.5 Å². The van der Waals surface area contributed by atoms with Crippen LogP contribution in [0.5, 0.6) is 0 Å². The van der Waals surface area contributed by atoms with E-state index in [1.54, 1.807) is 0 Å². The van der Waals surface area contributed by atoms with E-state index >= 15 is 0 Å². The third kappa shape index (κ3) is 4.43. The van der Waals surface area contributed by atoms with Gasteiger partial charge in [-0.25, -0.2) is 15.0 Å². The van der Waals surface area contributed by atoms with Crippen LogP contribution in [0.25, 0.3) is 105 Å². The van der Waals surface area contributed by atoms with Crippen LogP contribution in [0.4, 0.5) is 0 Å². The molecule has 4 heterocycles. The summed E-state index contributed by atoms with van der Waals surface area (Å²) in [6.07, 6.45) is 6.48. The lowest BCUT2D eigenvalue weighted by molar-refractivity contribution is 0.572. The predicted molar refractivity (Wildman–Crippen MR) is 211 cm³/mol. The molecule has 10 aromatic rings. The van der Waals surface area contributed by atoms with Crippen LogP contribution >= 0.6 is 11.3 Å². The number of thiophene rings is 1. The summed E-state index contributed by atoms with van der Waals surface area (Å²) < 4.78 is 11.7. The first-order valence-electron chi connectivity index (χ1n) is 17.3. The average molecular weight is 673 g/mol. The lowest BCUT2D eigenvalue weighted by Crippen LogP contribution is -2.22. The van der Waals surface area contributed by atoms with Gasteiger partial charge in [0.25, 0.3) is 0 Å². The van der Waals surface area contributed by atoms with Gasteiger partial charge < -0.3 is 8.98 Å². The summed E-state index contributed by atoms with van der Waals surface area (Å²) in [7, 11) is 0.